The monoisotopic (exact) mass is 271 g/mol. The number of carbonyl (C=O) groups excluding carboxylic acids is 2. The van der Waals surface area contributed by atoms with E-state index in [0.29, 0.717) is 24.1 Å². The number of amides is 2. The van der Waals surface area contributed by atoms with E-state index in [1.54, 1.807) is 18.2 Å². The molecule has 1 heterocycles. The predicted molar refractivity (Wildman–Crippen MR) is 73.9 cm³/mol. The lowest BCUT2D eigenvalue weighted by molar-refractivity contribution is -0.129. The molecular weight excluding hydrogens is 254 g/mol. The van der Waals surface area contributed by atoms with Gasteiger partial charge in [-0.25, -0.2) is 0 Å². The first-order valence-corrected chi connectivity index (χ1v) is 6.77. The molecule has 5 nitrogen and oxygen atoms in total. The van der Waals surface area contributed by atoms with E-state index in [4.69, 9.17) is 5.26 Å². The highest BCUT2D eigenvalue weighted by molar-refractivity contribution is 5.94. The van der Waals surface area contributed by atoms with Gasteiger partial charge in [0.1, 0.15) is 0 Å². The quantitative estimate of drug-likeness (QED) is 0.897. The van der Waals surface area contributed by atoms with E-state index in [1.807, 2.05) is 11.0 Å². The molecule has 104 valence electrons. The summed E-state index contributed by atoms with van der Waals surface area (Å²) in [5, 5.41) is 11.5. The molecule has 0 saturated carbocycles. The number of carbonyl (C=O) groups is 2. The summed E-state index contributed by atoms with van der Waals surface area (Å²) in [6.45, 7) is 1.99. The van der Waals surface area contributed by atoms with Crippen molar-refractivity contribution in [3.63, 3.8) is 0 Å². The van der Waals surface area contributed by atoms with E-state index in [0.717, 1.165) is 25.9 Å². The molecule has 0 unspecified atom stereocenters. The van der Waals surface area contributed by atoms with Gasteiger partial charge in [-0.2, -0.15) is 5.26 Å². The van der Waals surface area contributed by atoms with Crippen molar-refractivity contribution in [2.24, 2.45) is 0 Å². The van der Waals surface area contributed by atoms with Crippen molar-refractivity contribution in [2.45, 2.75) is 19.3 Å². The van der Waals surface area contributed by atoms with Gasteiger partial charge in [0.2, 0.25) is 5.91 Å². The van der Waals surface area contributed by atoms with Crippen LogP contribution in [0.2, 0.25) is 0 Å². The Bertz CT molecular complexity index is 542. The lowest BCUT2D eigenvalue weighted by Gasteiger charge is -2.15. The van der Waals surface area contributed by atoms with Gasteiger partial charge < -0.3 is 10.2 Å². The minimum atomic E-state index is -0.253. The maximum absolute atomic E-state index is 11.9. The molecule has 1 saturated heterocycles. The van der Waals surface area contributed by atoms with Crippen LogP contribution in [0.5, 0.6) is 0 Å². The van der Waals surface area contributed by atoms with Crippen LogP contribution in [0.4, 0.5) is 0 Å². The van der Waals surface area contributed by atoms with Crippen LogP contribution in [0, 0.1) is 11.3 Å². The molecule has 1 N–H and O–H groups in total. The molecule has 5 heteroatoms. The van der Waals surface area contributed by atoms with E-state index in [9.17, 15) is 9.59 Å². The van der Waals surface area contributed by atoms with E-state index >= 15 is 0 Å². The molecule has 1 aromatic carbocycles. The Morgan fingerprint density at radius 3 is 2.75 bits per heavy atom. The molecular formula is C15H17N3O2. The highest BCUT2D eigenvalue weighted by atomic mass is 16.2. The van der Waals surface area contributed by atoms with Crippen molar-refractivity contribution >= 4 is 11.8 Å². The second-order valence-corrected chi connectivity index (χ2v) is 4.79. The first kappa shape index (κ1) is 14.1. The molecule has 0 radical (unpaired) electrons. The zero-order valence-corrected chi connectivity index (χ0v) is 11.3. The Labute approximate surface area is 118 Å². The molecule has 1 aliphatic heterocycles. The molecule has 2 amide bonds. The van der Waals surface area contributed by atoms with E-state index in [-0.39, 0.29) is 11.8 Å². The van der Waals surface area contributed by atoms with Crippen LogP contribution in [0.25, 0.3) is 0 Å². The largest absolute Gasteiger partial charge is 0.352 e. The first-order chi connectivity index (χ1) is 9.70. The number of nitrogens with one attached hydrogen (secondary N) is 1. The Morgan fingerprint density at radius 1 is 1.30 bits per heavy atom. The molecule has 0 aliphatic carbocycles. The topological polar surface area (TPSA) is 73.2 Å². The summed E-state index contributed by atoms with van der Waals surface area (Å²) in [4.78, 5) is 25.5. The van der Waals surface area contributed by atoms with Crippen LogP contribution in [0.1, 0.15) is 35.2 Å². The second kappa shape index (κ2) is 6.71. The summed E-state index contributed by atoms with van der Waals surface area (Å²) in [5.41, 5.74) is 0.892. The number of hydrogen-bond acceptors (Lipinski definition) is 3. The van der Waals surface area contributed by atoms with E-state index in [1.165, 1.54) is 6.07 Å². The maximum atomic E-state index is 11.9. The summed E-state index contributed by atoms with van der Waals surface area (Å²) < 4.78 is 0. The third kappa shape index (κ3) is 3.58. The van der Waals surface area contributed by atoms with Crippen LogP contribution in [-0.2, 0) is 4.79 Å². The third-order valence-corrected chi connectivity index (χ3v) is 3.34. The summed E-state index contributed by atoms with van der Waals surface area (Å²) in [6.07, 6.45) is 2.46. The highest BCUT2D eigenvalue weighted by Crippen LogP contribution is 2.08. The minimum Gasteiger partial charge on any atom is -0.352 e. The summed E-state index contributed by atoms with van der Waals surface area (Å²) in [5.74, 6) is -0.162. The summed E-state index contributed by atoms with van der Waals surface area (Å²) >= 11 is 0. The minimum absolute atomic E-state index is 0.0913. The number of nitrogens with zero attached hydrogens (tertiary/aromatic N) is 2. The van der Waals surface area contributed by atoms with Crippen molar-refractivity contribution < 1.29 is 9.59 Å². The summed E-state index contributed by atoms with van der Waals surface area (Å²) in [6, 6.07) is 8.50. The van der Waals surface area contributed by atoms with Gasteiger partial charge in [0, 0.05) is 31.6 Å². The lowest BCUT2D eigenvalue weighted by atomic mass is 10.1. The van der Waals surface area contributed by atoms with Gasteiger partial charge in [0.05, 0.1) is 11.6 Å². The van der Waals surface area contributed by atoms with Crippen molar-refractivity contribution in [3.8, 4) is 6.07 Å². The number of rotatable bonds is 4. The summed E-state index contributed by atoms with van der Waals surface area (Å²) in [7, 11) is 0. The molecule has 1 aromatic rings. The molecule has 0 aromatic heterocycles. The Hall–Kier alpha value is -2.35. The third-order valence-electron chi connectivity index (χ3n) is 3.34. The van der Waals surface area contributed by atoms with Gasteiger partial charge in [0.25, 0.3) is 5.91 Å². The van der Waals surface area contributed by atoms with Crippen LogP contribution in [0.3, 0.4) is 0 Å². The number of nitriles is 1. The fourth-order valence-electron chi connectivity index (χ4n) is 2.24. The highest BCUT2D eigenvalue weighted by Gasteiger charge is 2.17. The van der Waals surface area contributed by atoms with E-state index < -0.39 is 0 Å². The van der Waals surface area contributed by atoms with Crippen LogP contribution in [-0.4, -0.2) is 36.3 Å². The predicted octanol–water partition coefficient (Wildman–Crippen LogP) is 1.30. The average Bonchev–Trinajstić information content (AvgIpc) is 3.01. The van der Waals surface area contributed by atoms with E-state index in [2.05, 4.69) is 5.32 Å². The molecule has 0 spiro atoms. The molecule has 1 fully saturated rings. The van der Waals surface area contributed by atoms with Gasteiger partial charge in [0.15, 0.2) is 0 Å². The zero-order chi connectivity index (χ0) is 14.4. The normalized spacial score (nSPS) is 13.8. The Morgan fingerprint density at radius 2 is 2.05 bits per heavy atom. The zero-order valence-electron chi connectivity index (χ0n) is 11.3. The number of likely N-dealkylation sites (tertiary alicyclic amines) is 1. The smallest absolute Gasteiger partial charge is 0.251 e. The second-order valence-electron chi connectivity index (χ2n) is 4.79. The van der Waals surface area contributed by atoms with Crippen molar-refractivity contribution in [3.05, 3.63) is 35.4 Å². The number of hydrogen-bond donors (Lipinski definition) is 1. The van der Waals surface area contributed by atoms with Gasteiger partial charge in [-0.3, -0.25) is 9.59 Å². The van der Waals surface area contributed by atoms with Gasteiger partial charge in [-0.1, -0.05) is 6.07 Å². The van der Waals surface area contributed by atoms with Crippen LogP contribution >= 0.6 is 0 Å². The molecule has 2 rings (SSSR count). The fourth-order valence-corrected chi connectivity index (χ4v) is 2.24. The molecule has 0 atom stereocenters. The van der Waals surface area contributed by atoms with Crippen molar-refractivity contribution in [2.75, 3.05) is 19.6 Å². The molecule has 20 heavy (non-hydrogen) atoms. The standard InChI is InChI=1S/C15H17N3O2/c16-11-12-4-3-5-13(10-12)15(20)17-7-6-14(19)18-8-1-2-9-18/h3-5,10H,1-2,6-9H2,(H,17,20). The SMILES string of the molecule is N#Cc1cccc(C(=O)NCCC(=O)N2CCCC2)c1. The average molecular weight is 271 g/mol. The first-order valence-electron chi connectivity index (χ1n) is 6.77. The fraction of sp³-hybridized carbons (Fsp3) is 0.400. The molecule has 0 bridgehead atoms. The van der Waals surface area contributed by atoms with Crippen molar-refractivity contribution in [1.82, 2.24) is 10.2 Å². The lowest BCUT2D eigenvalue weighted by Crippen LogP contribution is -2.32. The van der Waals surface area contributed by atoms with Gasteiger partial charge in [-0.05, 0) is 31.0 Å². The molecule has 1 aliphatic rings. The van der Waals surface area contributed by atoms with Gasteiger partial charge in [-0.15, -0.1) is 0 Å². The Balaban J connectivity index is 1.80. The van der Waals surface area contributed by atoms with Crippen LogP contribution < -0.4 is 5.32 Å². The number of benzene rings is 1. The van der Waals surface area contributed by atoms with Gasteiger partial charge >= 0.3 is 0 Å². The van der Waals surface area contributed by atoms with Crippen molar-refractivity contribution in [1.29, 1.82) is 5.26 Å². The maximum Gasteiger partial charge on any atom is 0.251 e. The van der Waals surface area contributed by atoms with Crippen LogP contribution in [0.15, 0.2) is 24.3 Å². The Kier molecular flexibility index (Phi) is 4.72.